The quantitative estimate of drug-likeness (QED) is 0.792. The Morgan fingerprint density at radius 3 is 2.95 bits per heavy atom. The highest BCUT2D eigenvalue weighted by molar-refractivity contribution is 8.00. The second-order valence-electron chi connectivity index (χ2n) is 4.98. The zero-order valence-corrected chi connectivity index (χ0v) is 11.8. The molecule has 2 aromatic heterocycles. The number of aromatic amines is 1. The maximum absolute atomic E-state index is 5.71. The molecule has 0 aliphatic heterocycles. The van der Waals surface area contributed by atoms with Crippen LogP contribution in [0.5, 0.6) is 0 Å². The van der Waals surface area contributed by atoms with Crippen molar-refractivity contribution in [3.8, 4) is 0 Å². The van der Waals surface area contributed by atoms with E-state index in [-0.39, 0.29) is 5.95 Å². The molecule has 1 aliphatic carbocycles. The maximum atomic E-state index is 5.71. The molecular formula is C12H18N6S. The van der Waals surface area contributed by atoms with Gasteiger partial charge in [-0.2, -0.15) is 21.7 Å². The van der Waals surface area contributed by atoms with Gasteiger partial charge in [0.2, 0.25) is 5.95 Å². The van der Waals surface area contributed by atoms with Crippen molar-refractivity contribution in [1.29, 1.82) is 0 Å². The van der Waals surface area contributed by atoms with Crippen LogP contribution in [0.15, 0.2) is 6.33 Å². The van der Waals surface area contributed by atoms with Crippen molar-refractivity contribution in [2.24, 2.45) is 0 Å². The van der Waals surface area contributed by atoms with E-state index in [2.05, 4.69) is 31.5 Å². The summed E-state index contributed by atoms with van der Waals surface area (Å²) in [4.78, 5) is 15.6. The zero-order chi connectivity index (χ0) is 13.3. The van der Waals surface area contributed by atoms with Crippen molar-refractivity contribution in [3.63, 3.8) is 0 Å². The molecular weight excluding hydrogens is 260 g/mol. The summed E-state index contributed by atoms with van der Waals surface area (Å²) in [5.41, 5.74) is 7.15. The number of imidazole rings is 1. The molecule has 6 nitrogen and oxygen atoms in total. The first-order chi connectivity index (χ1) is 9.22. The van der Waals surface area contributed by atoms with E-state index in [1.165, 1.54) is 25.7 Å². The van der Waals surface area contributed by atoms with Crippen LogP contribution in [-0.4, -0.2) is 37.5 Å². The average molecular weight is 278 g/mol. The first-order valence-corrected chi connectivity index (χ1v) is 7.70. The summed E-state index contributed by atoms with van der Waals surface area (Å²) in [5.74, 6) is 1.01. The van der Waals surface area contributed by atoms with Crippen LogP contribution in [0, 0.1) is 0 Å². The van der Waals surface area contributed by atoms with Crippen LogP contribution >= 0.6 is 11.8 Å². The molecule has 102 valence electrons. The molecule has 0 spiro atoms. The van der Waals surface area contributed by atoms with Crippen molar-refractivity contribution >= 4 is 34.7 Å². The Morgan fingerprint density at radius 1 is 1.42 bits per heavy atom. The van der Waals surface area contributed by atoms with Crippen molar-refractivity contribution < 1.29 is 0 Å². The van der Waals surface area contributed by atoms with Gasteiger partial charge in [0.15, 0.2) is 11.5 Å². The number of nitrogens with one attached hydrogen (secondary N) is 2. The fourth-order valence-corrected chi connectivity index (χ4v) is 3.61. The number of thioether (sulfide) groups is 1. The number of H-pyrrole nitrogens is 1. The summed E-state index contributed by atoms with van der Waals surface area (Å²) < 4.78 is 0.325. The van der Waals surface area contributed by atoms with E-state index in [4.69, 9.17) is 5.73 Å². The third-order valence-corrected chi connectivity index (χ3v) is 5.25. The second-order valence-corrected chi connectivity index (χ2v) is 6.25. The first-order valence-electron chi connectivity index (χ1n) is 6.48. The third kappa shape index (κ3) is 2.34. The highest BCUT2D eigenvalue weighted by Gasteiger charge is 2.33. The van der Waals surface area contributed by atoms with E-state index in [9.17, 15) is 0 Å². The number of nitrogen functional groups attached to an aromatic ring is 1. The zero-order valence-electron chi connectivity index (χ0n) is 10.9. The van der Waals surface area contributed by atoms with Crippen molar-refractivity contribution in [1.82, 2.24) is 19.9 Å². The molecule has 1 saturated carbocycles. The number of hydrogen-bond donors (Lipinski definition) is 3. The summed E-state index contributed by atoms with van der Waals surface area (Å²) >= 11 is 1.95. The maximum Gasteiger partial charge on any atom is 0.224 e. The summed E-state index contributed by atoms with van der Waals surface area (Å²) in [5, 5.41) is 3.43. The predicted octanol–water partition coefficient (Wildman–Crippen LogP) is 2.02. The highest BCUT2D eigenvalue weighted by atomic mass is 32.2. The molecule has 0 bridgehead atoms. The molecule has 1 aliphatic rings. The predicted molar refractivity (Wildman–Crippen MR) is 79.3 cm³/mol. The Balaban J connectivity index is 1.83. The van der Waals surface area contributed by atoms with Crippen molar-refractivity contribution in [2.75, 3.05) is 23.9 Å². The number of hydrogen-bond acceptors (Lipinski definition) is 6. The molecule has 0 aromatic carbocycles. The Labute approximate surface area is 116 Å². The number of aromatic nitrogens is 4. The summed E-state index contributed by atoms with van der Waals surface area (Å²) in [6.45, 7) is 0.902. The van der Waals surface area contributed by atoms with Crippen molar-refractivity contribution in [3.05, 3.63) is 6.33 Å². The van der Waals surface area contributed by atoms with Crippen LogP contribution in [0.1, 0.15) is 25.7 Å². The van der Waals surface area contributed by atoms with E-state index in [1.807, 2.05) is 11.8 Å². The van der Waals surface area contributed by atoms with E-state index >= 15 is 0 Å². The molecule has 0 unspecified atom stereocenters. The van der Waals surface area contributed by atoms with Gasteiger partial charge in [-0.1, -0.05) is 12.8 Å². The number of rotatable bonds is 4. The van der Waals surface area contributed by atoms with Gasteiger partial charge in [0.1, 0.15) is 5.52 Å². The standard InChI is InChI=1S/C12H18N6S/c1-19-12(4-2-3-5-12)6-14-9-8-10(16-7-15-8)18-11(13)17-9/h7H,2-6H2,1H3,(H4,13,14,15,16,17,18). The molecule has 0 atom stereocenters. The minimum atomic E-state index is 0.256. The highest BCUT2D eigenvalue weighted by Crippen LogP contribution is 2.40. The topological polar surface area (TPSA) is 92.5 Å². The number of anilines is 2. The molecule has 19 heavy (non-hydrogen) atoms. The van der Waals surface area contributed by atoms with Crippen LogP contribution in [-0.2, 0) is 0 Å². The van der Waals surface area contributed by atoms with Gasteiger partial charge < -0.3 is 16.0 Å². The smallest absolute Gasteiger partial charge is 0.224 e. The minimum absolute atomic E-state index is 0.256. The third-order valence-electron chi connectivity index (χ3n) is 3.83. The molecule has 3 rings (SSSR count). The molecule has 0 saturated heterocycles. The molecule has 1 fully saturated rings. The summed E-state index contributed by atoms with van der Waals surface area (Å²) in [7, 11) is 0. The Kier molecular flexibility index (Phi) is 3.22. The Bertz CT molecular complexity index is 575. The lowest BCUT2D eigenvalue weighted by atomic mass is 10.1. The van der Waals surface area contributed by atoms with E-state index in [0.29, 0.717) is 10.4 Å². The number of nitrogens with zero attached hydrogens (tertiary/aromatic N) is 3. The van der Waals surface area contributed by atoms with Crippen LogP contribution in [0.3, 0.4) is 0 Å². The molecule has 0 radical (unpaired) electrons. The van der Waals surface area contributed by atoms with E-state index in [0.717, 1.165) is 17.9 Å². The molecule has 7 heteroatoms. The fourth-order valence-electron chi connectivity index (χ4n) is 2.70. The van der Waals surface area contributed by atoms with Gasteiger partial charge in [-0.15, -0.1) is 0 Å². The summed E-state index contributed by atoms with van der Waals surface area (Å²) in [6.07, 6.45) is 8.94. The van der Waals surface area contributed by atoms with Crippen LogP contribution in [0.2, 0.25) is 0 Å². The molecule has 0 amide bonds. The van der Waals surface area contributed by atoms with Crippen LogP contribution in [0.25, 0.3) is 11.2 Å². The second kappa shape index (κ2) is 4.88. The number of nitrogens with two attached hydrogens (primary N) is 1. The van der Waals surface area contributed by atoms with Gasteiger partial charge in [-0.25, -0.2) is 4.98 Å². The van der Waals surface area contributed by atoms with Gasteiger partial charge in [0.25, 0.3) is 0 Å². The van der Waals surface area contributed by atoms with E-state index in [1.54, 1.807) is 6.33 Å². The minimum Gasteiger partial charge on any atom is -0.368 e. The van der Waals surface area contributed by atoms with E-state index < -0.39 is 0 Å². The first kappa shape index (κ1) is 12.5. The van der Waals surface area contributed by atoms with Gasteiger partial charge in [0, 0.05) is 11.3 Å². The molecule has 2 aromatic rings. The summed E-state index contributed by atoms with van der Waals surface area (Å²) in [6, 6.07) is 0. The largest absolute Gasteiger partial charge is 0.368 e. The van der Waals surface area contributed by atoms with Crippen molar-refractivity contribution in [2.45, 2.75) is 30.4 Å². The van der Waals surface area contributed by atoms with Gasteiger partial charge in [0.05, 0.1) is 6.33 Å². The molecule has 4 N–H and O–H groups in total. The SMILES string of the molecule is CSC1(CNc2nc(N)nc3nc[nH]c23)CCCC1. The lowest BCUT2D eigenvalue weighted by Gasteiger charge is -2.27. The fraction of sp³-hybridized carbons (Fsp3) is 0.583. The van der Waals surface area contributed by atoms with Crippen LogP contribution < -0.4 is 11.1 Å². The van der Waals surface area contributed by atoms with Gasteiger partial charge in [-0.3, -0.25) is 0 Å². The van der Waals surface area contributed by atoms with Gasteiger partial charge in [-0.05, 0) is 19.1 Å². The normalized spacial score (nSPS) is 17.9. The Morgan fingerprint density at radius 2 is 2.21 bits per heavy atom. The monoisotopic (exact) mass is 278 g/mol. The number of fused-ring (bicyclic) bond motifs is 1. The lowest BCUT2D eigenvalue weighted by Crippen LogP contribution is -2.30. The molecule has 2 heterocycles. The average Bonchev–Trinajstić information content (AvgIpc) is 3.05. The van der Waals surface area contributed by atoms with Crippen LogP contribution in [0.4, 0.5) is 11.8 Å². The lowest BCUT2D eigenvalue weighted by molar-refractivity contribution is 0.639. The van der Waals surface area contributed by atoms with Gasteiger partial charge >= 0.3 is 0 Å². The Hall–Kier alpha value is -1.50.